The molecule has 1 heterocycles. The summed E-state index contributed by atoms with van der Waals surface area (Å²) in [6.07, 6.45) is 4.40. The number of hydrogen-bond acceptors (Lipinski definition) is 1. The van der Waals surface area contributed by atoms with Gasteiger partial charge in [-0.25, -0.2) is 8.78 Å². The molecule has 0 aliphatic carbocycles. The first-order valence-electron chi connectivity index (χ1n) is 11.6. The SMILES string of the molecule is CC(C)Cc1ccc(C(C)C)c(F)c1.CCC(C)c1ccc(N2CCCC2)cc1F. The van der Waals surface area contributed by atoms with E-state index >= 15 is 0 Å². The smallest absolute Gasteiger partial charge is 0.128 e. The van der Waals surface area contributed by atoms with Crippen molar-refractivity contribution in [2.24, 2.45) is 5.92 Å². The van der Waals surface area contributed by atoms with Crippen LogP contribution in [0.5, 0.6) is 0 Å². The van der Waals surface area contributed by atoms with Gasteiger partial charge in [-0.1, -0.05) is 59.7 Å². The fourth-order valence-electron chi connectivity index (χ4n) is 3.94. The largest absolute Gasteiger partial charge is 0.371 e. The van der Waals surface area contributed by atoms with Crippen LogP contribution in [-0.4, -0.2) is 13.1 Å². The number of nitrogens with zero attached hydrogens (tertiary/aromatic N) is 1. The molecule has 0 saturated carbocycles. The molecule has 1 aliphatic rings. The normalized spacial score (nSPS) is 14.8. The van der Waals surface area contributed by atoms with Crippen LogP contribution in [0.2, 0.25) is 0 Å². The Morgan fingerprint density at radius 3 is 1.93 bits per heavy atom. The highest BCUT2D eigenvalue weighted by Gasteiger charge is 2.15. The molecule has 2 aromatic carbocycles. The van der Waals surface area contributed by atoms with E-state index in [1.54, 1.807) is 12.1 Å². The number of anilines is 1. The van der Waals surface area contributed by atoms with Crippen LogP contribution in [0.1, 0.15) is 89.3 Å². The minimum absolute atomic E-state index is 0.0428. The first kappa shape index (κ1) is 24.4. The fourth-order valence-corrected chi connectivity index (χ4v) is 3.94. The van der Waals surface area contributed by atoms with Crippen molar-refractivity contribution in [2.45, 2.75) is 79.1 Å². The summed E-state index contributed by atoms with van der Waals surface area (Å²) in [6, 6.07) is 11.4. The number of rotatable bonds is 6. The predicted molar refractivity (Wildman–Crippen MR) is 126 cm³/mol. The Bertz CT molecular complexity index is 791. The van der Waals surface area contributed by atoms with Gasteiger partial charge >= 0.3 is 0 Å². The molecule has 1 atom stereocenters. The Balaban J connectivity index is 0.000000216. The Kier molecular flexibility index (Phi) is 9.33. The molecule has 0 spiro atoms. The molecule has 1 fully saturated rings. The topological polar surface area (TPSA) is 3.24 Å². The summed E-state index contributed by atoms with van der Waals surface area (Å²) in [5, 5.41) is 0. The van der Waals surface area contributed by atoms with Gasteiger partial charge in [0.1, 0.15) is 11.6 Å². The summed E-state index contributed by atoms with van der Waals surface area (Å²) in [4.78, 5) is 2.27. The summed E-state index contributed by atoms with van der Waals surface area (Å²) >= 11 is 0. The summed E-state index contributed by atoms with van der Waals surface area (Å²) in [6.45, 7) is 14.6. The van der Waals surface area contributed by atoms with Crippen LogP contribution in [0.3, 0.4) is 0 Å². The zero-order chi connectivity index (χ0) is 22.3. The molecule has 1 saturated heterocycles. The molecular formula is C27H39F2N. The van der Waals surface area contributed by atoms with Crippen LogP contribution in [0.4, 0.5) is 14.5 Å². The molecule has 166 valence electrons. The zero-order valence-electron chi connectivity index (χ0n) is 19.6. The van der Waals surface area contributed by atoms with Crippen LogP contribution in [0, 0.1) is 17.6 Å². The van der Waals surface area contributed by atoms with E-state index in [2.05, 4.69) is 38.7 Å². The minimum atomic E-state index is -0.0573. The van der Waals surface area contributed by atoms with Gasteiger partial charge in [0.05, 0.1) is 0 Å². The molecule has 0 bridgehead atoms. The molecular weight excluding hydrogens is 376 g/mol. The second-order valence-electron chi connectivity index (χ2n) is 9.32. The molecule has 30 heavy (non-hydrogen) atoms. The maximum absolute atomic E-state index is 13.9. The third-order valence-electron chi connectivity index (χ3n) is 5.93. The van der Waals surface area contributed by atoms with Crippen molar-refractivity contribution in [1.29, 1.82) is 0 Å². The minimum Gasteiger partial charge on any atom is -0.371 e. The van der Waals surface area contributed by atoms with E-state index in [0.29, 0.717) is 11.8 Å². The summed E-state index contributed by atoms with van der Waals surface area (Å²) in [7, 11) is 0. The molecule has 3 heteroatoms. The molecule has 1 unspecified atom stereocenters. The van der Waals surface area contributed by atoms with Crippen molar-refractivity contribution in [3.05, 3.63) is 64.7 Å². The first-order chi connectivity index (χ1) is 14.2. The average molecular weight is 416 g/mol. The third-order valence-corrected chi connectivity index (χ3v) is 5.93. The van der Waals surface area contributed by atoms with Gasteiger partial charge in [0, 0.05) is 18.8 Å². The lowest BCUT2D eigenvalue weighted by molar-refractivity contribution is 0.583. The highest BCUT2D eigenvalue weighted by Crippen LogP contribution is 2.27. The number of halogens is 2. The van der Waals surface area contributed by atoms with Gasteiger partial charge in [0.15, 0.2) is 0 Å². The molecule has 3 rings (SSSR count). The van der Waals surface area contributed by atoms with E-state index in [0.717, 1.165) is 48.3 Å². The standard InChI is InChI=1S/C14H20FN.C13H19F/c1-3-11(2)13-7-6-12(10-14(13)15)16-8-4-5-9-16;1-9(2)7-11-5-6-12(10(3)4)13(14)8-11/h6-7,10-11H,3-5,8-9H2,1-2H3;5-6,8-10H,7H2,1-4H3. The zero-order valence-corrected chi connectivity index (χ0v) is 19.6. The van der Waals surface area contributed by atoms with Crippen LogP contribution in [-0.2, 0) is 6.42 Å². The van der Waals surface area contributed by atoms with Crippen molar-refractivity contribution < 1.29 is 8.78 Å². The monoisotopic (exact) mass is 415 g/mol. The van der Waals surface area contributed by atoms with Gasteiger partial charge < -0.3 is 4.90 Å². The molecule has 0 N–H and O–H groups in total. The van der Waals surface area contributed by atoms with E-state index in [1.165, 1.54) is 12.8 Å². The lowest BCUT2D eigenvalue weighted by atomic mass is 9.97. The lowest BCUT2D eigenvalue weighted by Crippen LogP contribution is -2.17. The molecule has 0 amide bonds. The Labute approximate surface area is 182 Å². The van der Waals surface area contributed by atoms with Crippen molar-refractivity contribution in [3.63, 3.8) is 0 Å². The molecule has 1 aliphatic heterocycles. The summed E-state index contributed by atoms with van der Waals surface area (Å²) < 4.78 is 27.5. The average Bonchev–Trinajstić information content (AvgIpc) is 3.22. The second kappa shape index (κ2) is 11.5. The lowest BCUT2D eigenvalue weighted by Gasteiger charge is -2.19. The fraction of sp³-hybridized carbons (Fsp3) is 0.556. The van der Waals surface area contributed by atoms with E-state index < -0.39 is 0 Å². The highest BCUT2D eigenvalue weighted by molar-refractivity contribution is 5.49. The van der Waals surface area contributed by atoms with Gasteiger partial charge in [-0.15, -0.1) is 0 Å². The maximum atomic E-state index is 13.9. The van der Waals surface area contributed by atoms with E-state index in [9.17, 15) is 8.78 Å². The van der Waals surface area contributed by atoms with Gasteiger partial charge in [-0.3, -0.25) is 0 Å². The Morgan fingerprint density at radius 1 is 0.833 bits per heavy atom. The van der Waals surface area contributed by atoms with Crippen molar-refractivity contribution in [2.75, 3.05) is 18.0 Å². The van der Waals surface area contributed by atoms with Crippen molar-refractivity contribution in [3.8, 4) is 0 Å². The predicted octanol–water partition coefficient (Wildman–Crippen LogP) is 8.09. The van der Waals surface area contributed by atoms with Gasteiger partial charge in [0.25, 0.3) is 0 Å². The summed E-state index contributed by atoms with van der Waals surface area (Å²) in [5.41, 5.74) is 3.81. The van der Waals surface area contributed by atoms with Crippen molar-refractivity contribution in [1.82, 2.24) is 0 Å². The molecule has 2 aromatic rings. The summed E-state index contributed by atoms with van der Waals surface area (Å²) in [5.74, 6) is 1.06. The highest BCUT2D eigenvalue weighted by atomic mass is 19.1. The van der Waals surface area contributed by atoms with Gasteiger partial charge in [-0.05, 0) is 78.3 Å². The Hall–Kier alpha value is -1.90. The number of benzene rings is 2. The van der Waals surface area contributed by atoms with Crippen LogP contribution in [0.25, 0.3) is 0 Å². The quantitative estimate of drug-likeness (QED) is 0.461. The van der Waals surface area contributed by atoms with Crippen LogP contribution < -0.4 is 4.90 Å². The third kappa shape index (κ3) is 6.82. The molecule has 0 radical (unpaired) electrons. The van der Waals surface area contributed by atoms with E-state index in [1.807, 2.05) is 32.0 Å². The molecule has 1 nitrogen and oxygen atoms in total. The van der Waals surface area contributed by atoms with Gasteiger partial charge in [0.2, 0.25) is 0 Å². The second-order valence-corrected chi connectivity index (χ2v) is 9.32. The van der Waals surface area contributed by atoms with Crippen LogP contribution in [0.15, 0.2) is 36.4 Å². The van der Waals surface area contributed by atoms with E-state index in [4.69, 9.17) is 0 Å². The Morgan fingerprint density at radius 2 is 1.43 bits per heavy atom. The number of hydrogen-bond donors (Lipinski definition) is 0. The van der Waals surface area contributed by atoms with E-state index in [-0.39, 0.29) is 17.6 Å². The molecule has 0 aromatic heterocycles. The first-order valence-corrected chi connectivity index (χ1v) is 11.6. The van der Waals surface area contributed by atoms with Crippen molar-refractivity contribution >= 4 is 5.69 Å². The van der Waals surface area contributed by atoms with Crippen LogP contribution >= 0.6 is 0 Å². The maximum Gasteiger partial charge on any atom is 0.128 e. The van der Waals surface area contributed by atoms with Gasteiger partial charge in [-0.2, -0.15) is 0 Å².